The smallest absolute Gasteiger partial charge is 0.189 e. The summed E-state index contributed by atoms with van der Waals surface area (Å²) in [4.78, 5) is 14.3. The van der Waals surface area contributed by atoms with E-state index < -0.39 is 0 Å². The maximum Gasteiger partial charge on any atom is 0.189 e. The van der Waals surface area contributed by atoms with Crippen molar-refractivity contribution in [1.29, 1.82) is 0 Å². The molecule has 0 N–H and O–H groups in total. The number of hydrogen-bond donors (Lipinski definition) is 0. The van der Waals surface area contributed by atoms with E-state index in [2.05, 4.69) is 38.5 Å². The first kappa shape index (κ1) is 17.7. The highest BCUT2D eigenvalue weighted by atomic mass is 79.9. The molecule has 0 aliphatic carbocycles. The second kappa shape index (κ2) is 7.85. The van der Waals surface area contributed by atoms with Crippen molar-refractivity contribution in [3.05, 3.63) is 75.0 Å². The van der Waals surface area contributed by atoms with Gasteiger partial charge in [0.1, 0.15) is 5.75 Å². The number of fused-ring (bicyclic) bond motifs is 1. The highest BCUT2D eigenvalue weighted by Gasteiger charge is 2.10. The Balaban J connectivity index is 1.87. The summed E-state index contributed by atoms with van der Waals surface area (Å²) in [5.41, 5.74) is 2.10. The first-order chi connectivity index (χ1) is 12.1. The molecule has 0 unspecified atom stereocenters. The molecule has 2 aromatic carbocycles. The van der Waals surface area contributed by atoms with Crippen molar-refractivity contribution < 1.29 is 4.74 Å². The molecular weight excluding hydrogens is 380 g/mol. The van der Waals surface area contributed by atoms with Gasteiger partial charge in [0.25, 0.3) is 0 Å². The van der Waals surface area contributed by atoms with Crippen molar-refractivity contribution in [2.45, 2.75) is 20.1 Å². The summed E-state index contributed by atoms with van der Waals surface area (Å²) in [6.45, 7) is 4.07. The predicted octanol–water partition coefficient (Wildman–Crippen LogP) is 4.25. The Labute approximate surface area is 155 Å². The van der Waals surface area contributed by atoms with Crippen LogP contribution in [0.3, 0.4) is 0 Å². The highest BCUT2D eigenvalue weighted by molar-refractivity contribution is 9.10. The van der Waals surface area contributed by atoms with Gasteiger partial charge in [0.15, 0.2) is 5.43 Å². The largest absolute Gasteiger partial charge is 0.494 e. The van der Waals surface area contributed by atoms with E-state index in [-0.39, 0.29) is 5.43 Å². The number of para-hydroxylation sites is 2. The molecule has 4 nitrogen and oxygen atoms in total. The third kappa shape index (κ3) is 3.94. The molecule has 0 amide bonds. The van der Waals surface area contributed by atoms with E-state index >= 15 is 0 Å². The fraction of sp³-hybridized carbons (Fsp3) is 0.250. The number of ether oxygens (including phenoxy) is 1. The summed E-state index contributed by atoms with van der Waals surface area (Å²) in [6.07, 6.45) is 1.85. The van der Waals surface area contributed by atoms with Gasteiger partial charge in [0, 0.05) is 34.2 Å². The number of pyridine rings is 1. The molecule has 3 aromatic rings. The molecule has 25 heavy (non-hydrogen) atoms. The fourth-order valence-electron chi connectivity index (χ4n) is 2.98. The molecule has 130 valence electrons. The molecule has 0 atom stereocenters. The van der Waals surface area contributed by atoms with Gasteiger partial charge in [-0.1, -0.05) is 24.3 Å². The molecule has 0 spiro atoms. The van der Waals surface area contributed by atoms with Gasteiger partial charge >= 0.3 is 0 Å². The third-order valence-electron chi connectivity index (χ3n) is 4.05. The van der Waals surface area contributed by atoms with E-state index in [1.165, 1.54) is 0 Å². The van der Waals surface area contributed by atoms with Gasteiger partial charge < -0.3 is 9.30 Å². The van der Waals surface area contributed by atoms with E-state index in [1.807, 2.05) is 49.5 Å². The van der Waals surface area contributed by atoms with Crippen molar-refractivity contribution in [1.82, 2.24) is 9.47 Å². The summed E-state index contributed by atoms with van der Waals surface area (Å²) in [5, 5.41) is 0.722. The summed E-state index contributed by atoms with van der Waals surface area (Å²) >= 11 is 3.57. The van der Waals surface area contributed by atoms with Gasteiger partial charge in [-0.3, -0.25) is 9.69 Å². The van der Waals surface area contributed by atoms with Crippen LogP contribution >= 0.6 is 15.9 Å². The van der Waals surface area contributed by atoms with Crippen LogP contribution in [0.2, 0.25) is 0 Å². The van der Waals surface area contributed by atoms with E-state index in [0.717, 1.165) is 33.2 Å². The average Bonchev–Trinajstić information content (AvgIpc) is 2.60. The maximum atomic E-state index is 12.1. The first-order valence-corrected chi connectivity index (χ1v) is 9.06. The minimum atomic E-state index is 0.0388. The maximum absolute atomic E-state index is 12.1. The zero-order chi connectivity index (χ0) is 17.8. The number of halogens is 1. The predicted molar refractivity (Wildman–Crippen MR) is 105 cm³/mol. The van der Waals surface area contributed by atoms with Gasteiger partial charge in [-0.25, -0.2) is 0 Å². The normalized spacial score (nSPS) is 11.2. The van der Waals surface area contributed by atoms with Crippen molar-refractivity contribution >= 4 is 26.8 Å². The lowest BCUT2D eigenvalue weighted by Gasteiger charge is -2.22. The Morgan fingerprint density at radius 3 is 2.72 bits per heavy atom. The summed E-state index contributed by atoms with van der Waals surface area (Å²) in [5.74, 6) is 0.919. The number of aromatic nitrogens is 1. The van der Waals surface area contributed by atoms with Crippen molar-refractivity contribution in [2.75, 3.05) is 13.7 Å². The lowest BCUT2D eigenvalue weighted by molar-refractivity contribution is 0.256. The number of nitrogens with zero attached hydrogens (tertiary/aromatic N) is 2. The van der Waals surface area contributed by atoms with Crippen LogP contribution in [0.4, 0.5) is 0 Å². The molecule has 1 aromatic heterocycles. The van der Waals surface area contributed by atoms with Crippen LogP contribution in [-0.4, -0.2) is 23.1 Å². The lowest BCUT2D eigenvalue weighted by Crippen LogP contribution is -2.23. The van der Waals surface area contributed by atoms with Gasteiger partial charge in [-0.15, -0.1) is 0 Å². The molecule has 0 aliphatic rings. The molecule has 1 heterocycles. The topological polar surface area (TPSA) is 34.5 Å². The van der Waals surface area contributed by atoms with Crippen LogP contribution in [0.15, 0.2) is 64.0 Å². The zero-order valence-electron chi connectivity index (χ0n) is 14.4. The Morgan fingerprint density at radius 1 is 1.12 bits per heavy atom. The van der Waals surface area contributed by atoms with Crippen LogP contribution < -0.4 is 10.2 Å². The Bertz CT molecular complexity index is 936. The molecule has 3 rings (SSSR count). The fourth-order valence-corrected chi connectivity index (χ4v) is 3.57. The van der Waals surface area contributed by atoms with Gasteiger partial charge in [-0.05, 0) is 48.1 Å². The summed E-state index contributed by atoms with van der Waals surface area (Å²) < 4.78 is 8.72. The van der Waals surface area contributed by atoms with E-state index in [9.17, 15) is 4.79 Å². The van der Waals surface area contributed by atoms with Gasteiger partial charge in [-0.2, -0.15) is 0 Å². The molecule has 0 fully saturated rings. The van der Waals surface area contributed by atoms with Crippen molar-refractivity contribution in [3.8, 4) is 5.75 Å². The Hall–Kier alpha value is -2.11. The molecule has 0 saturated heterocycles. The van der Waals surface area contributed by atoms with Crippen LogP contribution in [0.25, 0.3) is 10.9 Å². The van der Waals surface area contributed by atoms with Crippen LogP contribution in [0, 0.1) is 0 Å². The van der Waals surface area contributed by atoms with Crippen LogP contribution in [-0.2, 0) is 13.2 Å². The molecular formula is C20H21BrN2O2. The van der Waals surface area contributed by atoms with E-state index in [0.29, 0.717) is 13.3 Å². The summed E-state index contributed by atoms with van der Waals surface area (Å²) in [6, 6.07) is 15.4. The van der Waals surface area contributed by atoms with Gasteiger partial charge in [0.05, 0.1) is 18.8 Å². The lowest BCUT2D eigenvalue weighted by atomic mass is 10.2. The summed E-state index contributed by atoms with van der Waals surface area (Å²) in [7, 11) is 2.06. The molecule has 0 radical (unpaired) electrons. The SMILES string of the molecule is CCOc1ccccc1CN(C)Cn1ccc(=O)c2cccc(Br)c21. The standard InChI is InChI=1S/C20H21BrN2O2/c1-3-25-19-10-5-4-7-15(19)13-22(2)14-23-12-11-18(24)16-8-6-9-17(21)20(16)23/h4-12H,3,13-14H2,1-2H3. The van der Waals surface area contributed by atoms with Crippen LogP contribution in [0.5, 0.6) is 5.75 Å². The first-order valence-electron chi connectivity index (χ1n) is 8.27. The minimum absolute atomic E-state index is 0.0388. The van der Waals surface area contributed by atoms with Gasteiger partial charge in [0.2, 0.25) is 0 Å². The molecule has 0 saturated carbocycles. The zero-order valence-corrected chi connectivity index (χ0v) is 16.0. The average molecular weight is 401 g/mol. The number of benzene rings is 2. The number of hydrogen-bond acceptors (Lipinski definition) is 3. The molecule has 5 heteroatoms. The Morgan fingerprint density at radius 2 is 1.92 bits per heavy atom. The van der Waals surface area contributed by atoms with E-state index in [4.69, 9.17) is 4.74 Å². The second-order valence-corrected chi connectivity index (χ2v) is 6.84. The van der Waals surface area contributed by atoms with Crippen molar-refractivity contribution in [3.63, 3.8) is 0 Å². The minimum Gasteiger partial charge on any atom is -0.494 e. The van der Waals surface area contributed by atoms with E-state index in [1.54, 1.807) is 6.07 Å². The quantitative estimate of drug-likeness (QED) is 0.619. The Kier molecular flexibility index (Phi) is 5.56. The monoisotopic (exact) mass is 400 g/mol. The highest BCUT2D eigenvalue weighted by Crippen LogP contribution is 2.23. The second-order valence-electron chi connectivity index (χ2n) is 5.98. The number of rotatable bonds is 6. The third-order valence-corrected chi connectivity index (χ3v) is 4.69. The van der Waals surface area contributed by atoms with Crippen LogP contribution in [0.1, 0.15) is 12.5 Å². The molecule has 0 aliphatic heterocycles. The van der Waals surface area contributed by atoms with Crippen molar-refractivity contribution in [2.24, 2.45) is 0 Å². The molecule has 0 bridgehead atoms.